The van der Waals surface area contributed by atoms with Gasteiger partial charge in [0, 0.05) is 19.6 Å². The number of aromatic nitrogens is 2. The highest BCUT2D eigenvalue weighted by molar-refractivity contribution is 4.92. The van der Waals surface area contributed by atoms with Crippen LogP contribution in [0.5, 0.6) is 0 Å². The lowest BCUT2D eigenvalue weighted by Crippen LogP contribution is -2.34. The predicted molar refractivity (Wildman–Crippen MR) is 72.9 cm³/mol. The van der Waals surface area contributed by atoms with Crippen LogP contribution in [0.3, 0.4) is 0 Å². The third-order valence-corrected chi connectivity index (χ3v) is 3.73. The molecule has 1 aliphatic heterocycles. The van der Waals surface area contributed by atoms with Crippen molar-refractivity contribution in [3.63, 3.8) is 0 Å². The molecule has 1 saturated heterocycles. The van der Waals surface area contributed by atoms with Gasteiger partial charge in [-0.25, -0.2) is 0 Å². The van der Waals surface area contributed by atoms with E-state index in [1.807, 2.05) is 0 Å². The maximum Gasteiger partial charge on any atom is 0.226 e. The minimum absolute atomic E-state index is 0.0321. The van der Waals surface area contributed by atoms with Crippen LogP contribution in [0.2, 0.25) is 0 Å². The highest BCUT2D eigenvalue weighted by atomic mass is 16.5. The van der Waals surface area contributed by atoms with Crippen LogP contribution < -0.4 is 5.32 Å². The van der Waals surface area contributed by atoms with Gasteiger partial charge in [-0.1, -0.05) is 24.9 Å². The second-order valence-corrected chi connectivity index (χ2v) is 5.24. The van der Waals surface area contributed by atoms with E-state index in [0.717, 1.165) is 38.1 Å². The summed E-state index contributed by atoms with van der Waals surface area (Å²) in [7, 11) is 1.70. The average molecular weight is 267 g/mol. The zero-order valence-electron chi connectivity index (χ0n) is 12.0. The van der Waals surface area contributed by atoms with Gasteiger partial charge in [-0.2, -0.15) is 4.98 Å². The molecule has 2 atom stereocenters. The molecular weight excluding hydrogens is 242 g/mol. The van der Waals surface area contributed by atoms with E-state index in [1.54, 1.807) is 7.11 Å². The molecule has 2 rings (SSSR count). The standard InChI is InChI=1S/C14H25N3O2/c1-3-6-12(18-2)14-16-13(19-17-14)9-8-11-7-4-5-10-15-11/h11-12,15H,3-10H2,1-2H3. The van der Waals surface area contributed by atoms with Gasteiger partial charge < -0.3 is 14.6 Å². The molecule has 0 spiro atoms. The number of aryl methyl sites for hydroxylation is 1. The van der Waals surface area contributed by atoms with Crippen molar-refractivity contribution in [2.45, 2.75) is 64.0 Å². The van der Waals surface area contributed by atoms with E-state index in [1.165, 1.54) is 19.3 Å². The van der Waals surface area contributed by atoms with Gasteiger partial charge in [-0.3, -0.25) is 0 Å². The van der Waals surface area contributed by atoms with Gasteiger partial charge in [0.1, 0.15) is 6.10 Å². The number of nitrogens with one attached hydrogen (secondary N) is 1. The topological polar surface area (TPSA) is 60.2 Å². The normalized spacial score (nSPS) is 21.5. The van der Waals surface area contributed by atoms with E-state index in [-0.39, 0.29) is 6.10 Å². The Labute approximate surface area is 115 Å². The molecule has 5 heteroatoms. The Balaban J connectivity index is 1.82. The van der Waals surface area contributed by atoms with Crippen molar-refractivity contribution >= 4 is 0 Å². The fourth-order valence-corrected chi connectivity index (χ4v) is 2.58. The number of piperidine rings is 1. The maximum absolute atomic E-state index is 5.39. The molecule has 1 N–H and O–H groups in total. The van der Waals surface area contributed by atoms with E-state index in [4.69, 9.17) is 9.26 Å². The Morgan fingerprint density at radius 3 is 3.05 bits per heavy atom. The van der Waals surface area contributed by atoms with E-state index in [2.05, 4.69) is 22.4 Å². The molecule has 2 heterocycles. The van der Waals surface area contributed by atoms with Crippen molar-refractivity contribution in [1.29, 1.82) is 0 Å². The van der Waals surface area contributed by atoms with Crippen molar-refractivity contribution in [3.8, 4) is 0 Å². The third-order valence-electron chi connectivity index (χ3n) is 3.73. The summed E-state index contributed by atoms with van der Waals surface area (Å²) in [6.45, 7) is 3.27. The second kappa shape index (κ2) is 7.60. The molecule has 1 aliphatic rings. The quantitative estimate of drug-likeness (QED) is 0.823. The molecule has 1 aromatic heterocycles. The fraction of sp³-hybridized carbons (Fsp3) is 0.857. The molecule has 5 nitrogen and oxygen atoms in total. The third kappa shape index (κ3) is 4.28. The zero-order valence-corrected chi connectivity index (χ0v) is 12.0. The van der Waals surface area contributed by atoms with Gasteiger partial charge >= 0.3 is 0 Å². The molecule has 0 radical (unpaired) electrons. The molecule has 1 aromatic rings. The average Bonchev–Trinajstić information content (AvgIpc) is 2.92. The summed E-state index contributed by atoms with van der Waals surface area (Å²) in [4.78, 5) is 4.45. The van der Waals surface area contributed by atoms with Crippen LogP contribution in [0.15, 0.2) is 4.52 Å². The van der Waals surface area contributed by atoms with Gasteiger partial charge in [0.25, 0.3) is 0 Å². The number of rotatable bonds is 7. The lowest BCUT2D eigenvalue weighted by molar-refractivity contribution is 0.0854. The predicted octanol–water partition coefficient (Wildman–Crippen LogP) is 2.63. The fourth-order valence-electron chi connectivity index (χ4n) is 2.58. The summed E-state index contributed by atoms with van der Waals surface area (Å²) in [5, 5.41) is 7.57. The van der Waals surface area contributed by atoms with Crippen molar-refractivity contribution in [2.24, 2.45) is 0 Å². The molecule has 108 valence electrons. The first-order chi connectivity index (χ1) is 9.33. The molecule has 2 unspecified atom stereocenters. The summed E-state index contributed by atoms with van der Waals surface area (Å²) in [6, 6.07) is 0.609. The van der Waals surface area contributed by atoms with E-state index < -0.39 is 0 Å². The number of hydrogen-bond acceptors (Lipinski definition) is 5. The van der Waals surface area contributed by atoms with Crippen LogP contribution in [0.4, 0.5) is 0 Å². The van der Waals surface area contributed by atoms with Gasteiger partial charge in [-0.15, -0.1) is 0 Å². The van der Waals surface area contributed by atoms with Gasteiger partial charge in [0.05, 0.1) is 0 Å². The first kappa shape index (κ1) is 14.5. The summed E-state index contributed by atoms with van der Waals surface area (Å²) >= 11 is 0. The van der Waals surface area contributed by atoms with Crippen LogP contribution >= 0.6 is 0 Å². The number of nitrogens with zero attached hydrogens (tertiary/aromatic N) is 2. The highest BCUT2D eigenvalue weighted by Gasteiger charge is 2.18. The Morgan fingerprint density at radius 2 is 2.37 bits per heavy atom. The number of hydrogen-bond donors (Lipinski definition) is 1. The Kier molecular flexibility index (Phi) is 5.79. The lowest BCUT2D eigenvalue weighted by Gasteiger charge is -2.22. The van der Waals surface area contributed by atoms with Crippen LogP contribution in [-0.4, -0.2) is 29.8 Å². The summed E-state index contributed by atoms with van der Waals surface area (Å²) in [5.74, 6) is 1.43. The van der Waals surface area contributed by atoms with E-state index in [0.29, 0.717) is 11.9 Å². The second-order valence-electron chi connectivity index (χ2n) is 5.24. The van der Waals surface area contributed by atoms with E-state index in [9.17, 15) is 0 Å². The highest BCUT2D eigenvalue weighted by Crippen LogP contribution is 2.20. The molecule has 0 amide bonds. The Morgan fingerprint density at radius 1 is 1.47 bits per heavy atom. The zero-order chi connectivity index (χ0) is 13.5. The Hall–Kier alpha value is -0.940. The smallest absolute Gasteiger partial charge is 0.226 e. The summed E-state index contributed by atoms with van der Waals surface area (Å²) in [6.07, 6.45) is 7.77. The number of methoxy groups -OCH3 is 1. The van der Waals surface area contributed by atoms with Crippen LogP contribution in [0.1, 0.15) is 63.3 Å². The molecule has 19 heavy (non-hydrogen) atoms. The molecule has 1 fully saturated rings. The van der Waals surface area contributed by atoms with Crippen molar-refractivity contribution in [3.05, 3.63) is 11.7 Å². The molecule has 0 saturated carbocycles. The molecular formula is C14H25N3O2. The molecule has 0 aliphatic carbocycles. The number of ether oxygens (including phenoxy) is 1. The largest absolute Gasteiger partial charge is 0.373 e. The van der Waals surface area contributed by atoms with Gasteiger partial charge in [0.2, 0.25) is 11.7 Å². The SMILES string of the molecule is CCCC(OC)c1noc(CCC2CCCCN2)n1. The monoisotopic (exact) mass is 267 g/mol. The van der Waals surface area contributed by atoms with Crippen molar-refractivity contribution in [1.82, 2.24) is 15.5 Å². The Bertz CT molecular complexity index is 361. The van der Waals surface area contributed by atoms with Crippen LogP contribution in [-0.2, 0) is 11.2 Å². The minimum atomic E-state index is -0.0321. The van der Waals surface area contributed by atoms with E-state index >= 15 is 0 Å². The van der Waals surface area contributed by atoms with Crippen LogP contribution in [0.25, 0.3) is 0 Å². The first-order valence-electron chi connectivity index (χ1n) is 7.42. The van der Waals surface area contributed by atoms with Crippen molar-refractivity contribution < 1.29 is 9.26 Å². The van der Waals surface area contributed by atoms with Gasteiger partial charge in [0.15, 0.2) is 0 Å². The lowest BCUT2D eigenvalue weighted by atomic mass is 10.0. The minimum Gasteiger partial charge on any atom is -0.373 e. The maximum atomic E-state index is 5.39. The summed E-state index contributed by atoms with van der Waals surface area (Å²) in [5.41, 5.74) is 0. The summed E-state index contributed by atoms with van der Waals surface area (Å²) < 4.78 is 10.7. The molecule has 0 aromatic carbocycles. The van der Waals surface area contributed by atoms with Crippen LogP contribution in [0, 0.1) is 0 Å². The first-order valence-corrected chi connectivity index (χ1v) is 7.42. The van der Waals surface area contributed by atoms with Crippen molar-refractivity contribution in [2.75, 3.05) is 13.7 Å². The van der Waals surface area contributed by atoms with Gasteiger partial charge in [-0.05, 0) is 32.2 Å². The molecule has 0 bridgehead atoms.